The average molecular weight is 379 g/mol. The number of anilines is 1. The van der Waals surface area contributed by atoms with Crippen molar-refractivity contribution in [3.05, 3.63) is 57.7 Å². The zero-order valence-electron chi connectivity index (χ0n) is 11.1. The zero-order valence-corrected chi connectivity index (χ0v) is 14.3. The second-order valence-electron chi connectivity index (χ2n) is 4.51. The number of hydrogen-bond acceptors (Lipinski definition) is 3. The van der Waals surface area contributed by atoms with E-state index in [9.17, 15) is 4.79 Å². The van der Waals surface area contributed by atoms with Gasteiger partial charge in [-0.1, -0.05) is 36.1 Å². The Morgan fingerprint density at radius 3 is 2.67 bits per heavy atom. The largest absolute Gasteiger partial charge is 0.351 e. The van der Waals surface area contributed by atoms with Crippen LogP contribution in [0.2, 0.25) is 0 Å². The molecule has 106 valence electrons. The van der Waals surface area contributed by atoms with E-state index in [0.717, 1.165) is 15.9 Å². The second kappa shape index (κ2) is 5.79. The van der Waals surface area contributed by atoms with Gasteiger partial charge in [0, 0.05) is 23.4 Å². The lowest BCUT2D eigenvalue weighted by Gasteiger charge is -2.15. The third-order valence-electron chi connectivity index (χ3n) is 3.15. The van der Waals surface area contributed by atoms with Crippen molar-refractivity contribution in [1.82, 2.24) is 4.57 Å². The molecule has 1 aromatic heterocycles. The van der Waals surface area contributed by atoms with Crippen LogP contribution < -0.4 is 4.90 Å². The van der Waals surface area contributed by atoms with Crippen molar-refractivity contribution in [1.29, 1.82) is 0 Å². The molecule has 0 N–H and O–H groups in total. The number of para-hydroxylation sites is 1. The minimum atomic E-state index is -0.0851. The van der Waals surface area contributed by atoms with E-state index in [2.05, 4.69) is 15.9 Å². The summed E-state index contributed by atoms with van der Waals surface area (Å²) in [5.74, 6) is -0.0851. The normalized spacial score (nSPS) is 17.0. The Labute approximate surface area is 140 Å². The van der Waals surface area contributed by atoms with Gasteiger partial charge >= 0.3 is 0 Å². The van der Waals surface area contributed by atoms with E-state index < -0.39 is 0 Å². The van der Waals surface area contributed by atoms with Gasteiger partial charge in [-0.05, 0) is 46.3 Å². The van der Waals surface area contributed by atoms with Crippen LogP contribution in [0, 0.1) is 0 Å². The summed E-state index contributed by atoms with van der Waals surface area (Å²) in [5.41, 5.74) is 1.75. The van der Waals surface area contributed by atoms with Crippen LogP contribution in [0.1, 0.15) is 5.69 Å². The first-order valence-corrected chi connectivity index (χ1v) is 8.23. The molecule has 2 aromatic rings. The molecule has 0 bridgehead atoms. The van der Waals surface area contributed by atoms with E-state index in [0.29, 0.717) is 9.23 Å². The Bertz CT molecular complexity index is 767. The predicted molar refractivity (Wildman–Crippen MR) is 95.2 cm³/mol. The molecule has 0 radical (unpaired) electrons. The lowest BCUT2D eigenvalue weighted by atomic mass is 10.3. The smallest absolute Gasteiger partial charge is 0.270 e. The third-order valence-corrected chi connectivity index (χ3v) is 5.12. The molecule has 0 aliphatic carbocycles. The van der Waals surface area contributed by atoms with Crippen molar-refractivity contribution in [2.75, 3.05) is 4.90 Å². The monoisotopic (exact) mass is 378 g/mol. The first kappa shape index (κ1) is 14.6. The lowest BCUT2D eigenvalue weighted by Crippen LogP contribution is -2.27. The van der Waals surface area contributed by atoms with E-state index in [1.165, 1.54) is 11.8 Å². The standard InChI is InChI=1S/C15H11BrN2OS2/c1-17-8-4-5-10(17)9-13-14(19)18(15(20)21-13)12-7-3-2-6-11(12)16/h2-9H,1H3/b13-9-. The molecule has 0 saturated carbocycles. The van der Waals surface area contributed by atoms with Gasteiger partial charge in [-0.3, -0.25) is 9.69 Å². The molecule has 1 fully saturated rings. The van der Waals surface area contributed by atoms with Crippen molar-refractivity contribution in [3.8, 4) is 0 Å². The highest BCUT2D eigenvalue weighted by Gasteiger charge is 2.34. The summed E-state index contributed by atoms with van der Waals surface area (Å²) in [7, 11) is 1.94. The predicted octanol–water partition coefficient (Wildman–Crippen LogP) is 4.19. The zero-order chi connectivity index (χ0) is 15.0. The Morgan fingerprint density at radius 2 is 2.00 bits per heavy atom. The highest BCUT2D eigenvalue weighted by molar-refractivity contribution is 9.10. The molecule has 2 heterocycles. The molecule has 6 heteroatoms. The number of aromatic nitrogens is 1. The van der Waals surface area contributed by atoms with Crippen LogP contribution in [0.25, 0.3) is 6.08 Å². The quantitative estimate of drug-likeness (QED) is 0.578. The van der Waals surface area contributed by atoms with Crippen molar-refractivity contribution in [2.24, 2.45) is 7.05 Å². The van der Waals surface area contributed by atoms with Gasteiger partial charge in [-0.2, -0.15) is 0 Å². The van der Waals surface area contributed by atoms with Crippen molar-refractivity contribution < 1.29 is 4.79 Å². The van der Waals surface area contributed by atoms with Crippen LogP contribution >= 0.6 is 39.9 Å². The highest BCUT2D eigenvalue weighted by atomic mass is 79.9. The number of rotatable bonds is 2. The van der Waals surface area contributed by atoms with E-state index in [1.807, 2.05) is 60.3 Å². The molecule has 3 nitrogen and oxygen atoms in total. The number of carbonyl (C=O) groups excluding carboxylic acids is 1. The number of thioether (sulfide) groups is 1. The van der Waals surface area contributed by atoms with Crippen molar-refractivity contribution in [3.63, 3.8) is 0 Å². The molecule has 1 saturated heterocycles. The first-order valence-electron chi connectivity index (χ1n) is 6.22. The molecule has 1 aromatic carbocycles. The van der Waals surface area contributed by atoms with E-state index in [1.54, 1.807) is 4.90 Å². The fourth-order valence-electron chi connectivity index (χ4n) is 2.07. The maximum absolute atomic E-state index is 12.6. The summed E-state index contributed by atoms with van der Waals surface area (Å²) in [5, 5.41) is 0. The Hall–Kier alpha value is -1.37. The average Bonchev–Trinajstić information content (AvgIpc) is 2.97. The highest BCUT2D eigenvalue weighted by Crippen LogP contribution is 2.38. The van der Waals surface area contributed by atoms with Crippen LogP contribution in [0.3, 0.4) is 0 Å². The Balaban J connectivity index is 1.99. The van der Waals surface area contributed by atoms with Gasteiger partial charge in [0.25, 0.3) is 5.91 Å². The number of carbonyl (C=O) groups is 1. The van der Waals surface area contributed by atoms with Gasteiger partial charge in [0.15, 0.2) is 4.32 Å². The molecule has 1 amide bonds. The Morgan fingerprint density at radius 1 is 1.24 bits per heavy atom. The molecular weight excluding hydrogens is 368 g/mol. The van der Waals surface area contributed by atoms with Crippen LogP contribution in [0.4, 0.5) is 5.69 Å². The van der Waals surface area contributed by atoms with Gasteiger partial charge in [0.1, 0.15) is 0 Å². The fraction of sp³-hybridized carbons (Fsp3) is 0.0667. The number of halogens is 1. The summed E-state index contributed by atoms with van der Waals surface area (Å²) in [6.07, 6.45) is 3.82. The van der Waals surface area contributed by atoms with Gasteiger partial charge in [-0.15, -0.1) is 0 Å². The van der Waals surface area contributed by atoms with Crippen molar-refractivity contribution in [2.45, 2.75) is 0 Å². The van der Waals surface area contributed by atoms with Gasteiger partial charge in [-0.25, -0.2) is 0 Å². The molecule has 0 spiro atoms. The number of benzene rings is 1. The van der Waals surface area contributed by atoms with Crippen LogP contribution in [0.5, 0.6) is 0 Å². The van der Waals surface area contributed by atoms with Gasteiger partial charge < -0.3 is 4.57 Å². The molecule has 1 aliphatic heterocycles. The topological polar surface area (TPSA) is 25.2 Å². The molecule has 0 atom stereocenters. The van der Waals surface area contributed by atoms with Gasteiger partial charge in [0.05, 0.1) is 10.6 Å². The number of hydrogen-bond donors (Lipinski definition) is 0. The maximum atomic E-state index is 12.6. The lowest BCUT2D eigenvalue weighted by molar-refractivity contribution is -0.113. The third kappa shape index (κ3) is 2.71. The fourth-order valence-corrected chi connectivity index (χ4v) is 3.80. The van der Waals surface area contributed by atoms with E-state index in [4.69, 9.17) is 12.2 Å². The Kier molecular flexibility index (Phi) is 4.01. The van der Waals surface area contributed by atoms with Crippen LogP contribution in [0.15, 0.2) is 52.0 Å². The summed E-state index contributed by atoms with van der Waals surface area (Å²) in [6.45, 7) is 0. The summed E-state index contributed by atoms with van der Waals surface area (Å²) >= 11 is 10.2. The van der Waals surface area contributed by atoms with E-state index in [-0.39, 0.29) is 5.91 Å². The van der Waals surface area contributed by atoms with E-state index >= 15 is 0 Å². The van der Waals surface area contributed by atoms with Crippen LogP contribution in [-0.4, -0.2) is 14.8 Å². The van der Waals surface area contributed by atoms with Gasteiger partial charge in [0.2, 0.25) is 0 Å². The maximum Gasteiger partial charge on any atom is 0.270 e. The number of amides is 1. The molecule has 21 heavy (non-hydrogen) atoms. The van der Waals surface area contributed by atoms with Crippen LogP contribution in [-0.2, 0) is 11.8 Å². The first-order chi connectivity index (χ1) is 10.1. The second-order valence-corrected chi connectivity index (χ2v) is 7.04. The van der Waals surface area contributed by atoms with Crippen molar-refractivity contribution >= 4 is 61.9 Å². The minimum Gasteiger partial charge on any atom is -0.351 e. The summed E-state index contributed by atoms with van der Waals surface area (Å²) < 4.78 is 3.36. The summed E-state index contributed by atoms with van der Waals surface area (Å²) in [4.78, 5) is 14.8. The molecule has 1 aliphatic rings. The number of nitrogens with zero attached hydrogens (tertiary/aromatic N) is 2. The molecular formula is C15H11BrN2OS2. The minimum absolute atomic E-state index is 0.0851. The number of aryl methyl sites for hydroxylation is 1. The molecule has 0 unspecified atom stereocenters. The SMILES string of the molecule is Cn1cccc1/C=C1\SC(=S)N(c2ccccc2Br)C1=O. The molecule has 3 rings (SSSR count). The summed E-state index contributed by atoms with van der Waals surface area (Å²) in [6, 6.07) is 11.5. The number of thiocarbonyl (C=S) groups is 1.